The second kappa shape index (κ2) is 8.20. The van der Waals surface area contributed by atoms with Gasteiger partial charge in [0.25, 0.3) is 0 Å². The molecule has 0 amide bonds. The van der Waals surface area contributed by atoms with Gasteiger partial charge in [-0.3, -0.25) is 4.79 Å². The molecule has 4 nitrogen and oxygen atoms in total. The molecule has 0 aromatic heterocycles. The Balaban J connectivity index is 2.61. The van der Waals surface area contributed by atoms with Crippen molar-refractivity contribution in [2.24, 2.45) is 0 Å². The highest BCUT2D eigenvalue weighted by Gasteiger charge is 2.16. The summed E-state index contributed by atoms with van der Waals surface area (Å²) in [7, 11) is 0.482. The van der Waals surface area contributed by atoms with E-state index < -0.39 is 8.38 Å². The van der Waals surface area contributed by atoms with Gasteiger partial charge in [-0.25, -0.2) is 0 Å². The van der Waals surface area contributed by atoms with Crippen LogP contribution in [-0.4, -0.2) is 32.3 Å². The molecule has 1 aromatic carbocycles. The summed E-state index contributed by atoms with van der Waals surface area (Å²) < 4.78 is 15.9. The van der Waals surface area contributed by atoms with Crippen molar-refractivity contribution in [3.05, 3.63) is 29.8 Å². The van der Waals surface area contributed by atoms with Gasteiger partial charge in [-0.05, 0) is 38.1 Å². The lowest BCUT2D eigenvalue weighted by molar-refractivity contribution is 0.101. The Hall–Kier alpha value is -0.960. The fraction of sp³-hybridized carbons (Fsp3) is 0.462. The summed E-state index contributed by atoms with van der Waals surface area (Å²) in [5.74, 6) is 0.772. The summed E-state index contributed by atoms with van der Waals surface area (Å²) in [5, 5.41) is 0. The number of carbonyl (C=O) groups excluding carboxylic acids is 1. The Morgan fingerprint density at radius 3 is 2.11 bits per heavy atom. The summed E-state index contributed by atoms with van der Waals surface area (Å²) in [6, 6.07) is 7.06. The molecule has 0 spiro atoms. The number of rotatable bonds is 8. The normalized spacial score (nSPS) is 10.7. The first-order valence-electron chi connectivity index (χ1n) is 5.91. The van der Waals surface area contributed by atoms with E-state index >= 15 is 0 Å². The van der Waals surface area contributed by atoms with Gasteiger partial charge in [-0.1, -0.05) is 0 Å². The highest BCUT2D eigenvalue weighted by atomic mass is 31.2. The molecule has 1 rings (SSSR count). The topological polar surface area (TPSA) is 44.8 Å². The summed E-state index contributed by atoms with van der Waals surface area (Å²) in [4.78, 5) is 12.0. The van der Waals surface area contributed by atoms with Crippen LogP contribution in [0.2, 0.25) is 0 Å². The fourth-order valence-corrected chi connectivity index (χ4v) is 2.65. The molecule has 0 saturated carbocycles. The van der Waals surface area contributed by atoms with Crippen molar-refractivity contribution in [2.75, 3.05) is 26.5 Å². The first kappa shape index (κ1) is 15.1. The third-order valence-electron chi connectivity index (χ3n) is 2.23. The van der Waals surface area contributed by atoms with Crippen LogP contribution in [0.1, 0.15) is 24.2 Å². The first-order chi connectivity index (χ1) is 8.71. The van der Waals surface area contributed by atoms with Crippen molar-refractivity contribution in [2.45, 2.75) is 13.8 Å². The SMILES string of the molecule is CCOP(CC(=O)c1ccc(OC)cc1)OCC. The molecule has 5 heteroatoms. The van der Waals surface area contributed by atoms with Crippen LogP contribution in [0.25, 0.3) is 0 Å². The van der Waals surface area contributed by atoms with E-state index in [4.69, 9.17) is 13.8 Å². The van der Waals surface area contributed by atoms with Gasteiger partial charge in [0.15, 0.2) is 14.2 Å². The van der Waals surface area contributed by atoms with Gasteiger partial charge in [-0.15, -0.1) is 0 Å². The van der Waals surface area contributed by atoms with Crippen molar-refractivity contribution in [1.82, 2.24) is 0 Å². The molecule has 0 atom stereocenters. The van der Waals surface area contributed by atoms with E-state index in [1.807, 2.05) is 13.8 Å². The molecule has 0 heterocycles. The molecular weight excluding hydrogens is 251 g/mol. The number of hydrogen-bond acceptors (Lipinski definition) is 4. The second-order valence-electron chi connectivity index (χ2n) is 3.48. The molecular formula is C13H19O4P. The molecule has 18 heavy (non-hydrogen) atoms. The fourth-order valence-electron chi connectivity index (χ4n) is 1.40. The smallest absolute Gasteiger partial charge is 0.178 e. The van der Waals surface area contributed by atoms with Crippen LogP contribution in [0.4, 0.5) is 0 Å². The van der Waals surface area contributed by atoms with Crippen LogP contribution in [0.5, 0.6) is 5.75 Å². The van der Waals surface area contributed by atoms with Gasteiger partial charge in [0.1, 0.15) is 5.75 Å². The van der Waals surface area contributed by atoms with Gasteiger partial charge in [-0.2, -0.15) is 0 Å². The quantitative estimate of drug-likeness (QED) is 0.537. The van der Waals surface area contributed by atoms with Crippen molar-refractivity contribution in [1.29, 1.82) is 0 Å². The van der Waals surface area contributed by atoms with Crippen LogP contribution in [0, 0.1) is 0 Å². The predicted molar refractivity (Wildman–Crippen MR) is 72.4 cm³/mol. The highest BCUT2D eigenvalue weighted by molar-refractivity contribution is 7.48. The number of benzene rings is 1. The lowest BCUT2D eigenvalue weighted by atomic mass is 10.1. The second-order valence-corrected chi connectivity index (χ2v) is 4.98. The average Bonchev–Trinajstić information content (AvgIpc) is 2.39. The molecule has 0 fully saturated rings. The third-order valence-corrected chi connectivity index (χ3v) is 3.87. The van der Waals surface area contributed by atoms with Crippen molar-refractivity contribution in [3.8, 4) is 5.75 Å². The summed E-state index contributed by atoms with van der Waals surface area (Å²) in [6.07, 6.45) is 0.295. The third kappa shape index (κ3) is 4.73. The minimum absolute atomic E-state index is 0.0330. The van der Waals surface area contributed by atoms with Gasteiger partial charge < -0.3 is 13.8 Å². The molecule has 100 valence electrons. The summed E-state index contributed by atoms with van der Waals surface area (Å²) in [6.45, 7) is 4.90. The van der Waals surface area contributed by atoms with Crippen LogP contribution >= 0.6 is 8.38 Å². The maximum absolute atomic E-state index is 12.0. The van der Waals surface area contributed by atoms with Gasteiger partial charge in [0.05, 0.1) is 26.5 Å². The molecule has 0 bridgehead atoms. The lowest BCUT2D eigenvalue weighted by Gasteiger charge is -2.14. The molecule has 0 aliphatic heterocycles. The Morgan fingerprint density at radius 1 is 1.11 bits per heavy atom. The Bertz CT molecular complexity index is 358. The Morgan fingerprint density at radius 2 is 1.67 bits per heavy atom. The largest absolute Gasteiger partial charge is 0.497 e. The molecule has 0 N–H and O–H groups in total. The van der Waals surface area contributed by atoms with Crippen molar-refractivity contribution >= 4 is 14.2 Å². The summed E-state index contributed by atoms with van der Waals surface area (Å²) >= 11 is 0. The monoisotopic (exact) mass is 270 g/mol. The van der Waals surface area contributed by atoms with Crippen LogP contribution in [-0.2, 0) is 9.05 Å². The van der Waals surface area contributed by atoms with E-state index in [1.165, 1.54) is 0 Å². The number of Topliss-reactive ketones (excluding diaryl/α,β-unsaturated/α-hetero) is 1. The van der Waals surface area contributed by atoms with Crippen molar-refractivity contribution in [3.63, 3.8) is 0 Å². The molecule has 1 aromatic rings. The maximum atomic E-state index is 12.0. The predicted octanol–water partition coefficient (Wildman–Crippen LogP) is 3.26. The van der Waals surface area contributed by atoms with E-state index in [0.717, 1.165) is 5.75 Å². The zero-order valence-electron chi connectivity index (χ0n) is 11.0. The van der Waals surface area contributed by atoms with E-state index in [-0.39, 0.29) is 5.78 Å². The Kier molecular flexibility index (Phi) is 6.88. The van der Waals surface area contributed by atoms with Gasteiger partial charge in [0.2, 0.25) is 0 Å². The number of ketones is 1. The molecule has 0 aliphatic carbocycles. The Labute approximate surface area is 109 Å². The number of hydrogen-bond donors (Lipinski definition) is 0. The zero-order chi connectivity index (χ0) is 13.4. The molecule has 0 unspecified atom stereocenters. The number of ether oxygens (including phenoxy) is 1. The number of carbonyl (C=O) groups is 1. The van der Waals surface area contributed by atoms with Crippen molar-refractivity contribution < 1.29 is 18.6 Å². The standard InChI is InChI=1S/C13H19O4P/c1-4-16-18(17-5-2)10-13(14)11-6-8-12(15-3)9-7-11/h6-9H,4-5,10H2,1-3H3. The molecule has 0 aliphatic rings. The minimum Gasteiger partial charge on any atom is -0.497 e. The minimum atomic E-state index is -1.12. The number of methoxy groups -OCH3 is 1. The van der Waals surface area contributed by atoms with E-state index in [2.05, 4.69) is 0 Å². The van der Waals surface area contributed by atoms with E-state index in [9.17, 15) is 4.79 Å². The molecule has 0 saturated heterocycles. The van der Waals surface area contributed by atoms with Crippen LogP contribution in [0.15, 0.2) is 24.3 Å². The van der Waals surface area contributed by atoms with Gasteiger partial charge >= 0.3 is 0 Å². The van der Waals surface area contributed by atoms with E-state index in [0.29, 0.717) is 24.9 Å². The first-order valence-corrected chi connectivity index (χ1v) is 7.28. The van der Waals surface area contributed by atoms with Gasteiger partial charge in [0, 0.05) is 5.56 Å². The summed E-state index contributed by atoms with van der Waals surface area (Å²) in [5.41, 5.74) is 0.655. The van der Waals surface area contributed by atoms with Crippen LogP contribution < -0.4 is 4.74 Å². The zero-order valence-corrected chi connectivity index (χ0v) is 11.9. The van der Waals surface area contributed by atoms with Crippen LogP contribution in [0.3, 0.4) is 0 Å². The molecule has 0 radical (unpaired) electrons. The maximum Gasteiger partial charge on any atom is 0.178 e. The average molecular weight is 270 g/mol. The highest BCUT2D eigenvalue weighted by Crippen LogP contribution is 2.38. The lowest BCUT2D eigenvalue weighted by Crippen LogP contribution is -2.07. The van der Waals surface area contributed by atoms with E-state index in [1.54, 1.807) is 31.4 Å².